The van der Waals surface area contributed by atoms with Gasteiger partial charge in [-0.05, 0) is 25.0 Å². The molecule has 1 fully saturated rings. The summed E-state index contributed by atoms with van der Waals surface area (Å²) in [6, 6.07) is 1.83. The minimum atomic E-state index is -1.57. The van der Waals surface area contributed by atoms with Gasteiger partial charge in [0.05, 0.1) is 19.3 Å². The fourth-order valence-electron chi connectivity index (χ4n) is 3.05. The van der Waals surface area contributed by atoms with Crippen molar-refractivity contribution in [2.75, 3.05) is 25.5 Å². The van der Waals surface area contributed by atoms with Crippen LogP contribution in [-0.2, 0) is 4.79 Å². The lowest BCUT2D eigenvalue weighted by atomic mass is 9.89. The van der Waals surface area contributed by atoms with E-state index in [9.17, 15) is 18.0 Å². The van der Waals surface area contributed by atoms with Gasteiger partial charge in [0.1, 0.15) is 0 Å². The van der Waals surface area contributed by atoms with E-state index >= 15 is 0 Å². The van der Waals surface area contributed by atoms with Crippen LogP contribution in [0.2, 0.25) is 0 Å². The zero-order valence-electron chi connectivity index (χ0n) is 12.7. The SMILES string of the molecule is C[NH+](CC(=O)Nc1ccc(F)c(F)c1F)CC1CCCCC1. The number of anilines is 1. The minimum Gasteiger partial charge on any atom is -0.329 e. The fourth-order valence-corrected chi connectivity index (χ4v) is 3.05. The predicted molar refractivity (Wildman–Crippen MR) is 78.1 cm³/mol. The van der Waals surface area contributed by atoms with Crippen molar-refractivity contribution in [2.45, 2.75) is 32.1 Å². The first-order chi connectivity index (χ1) is 10.5. The van der Waals surface area contributed by atoms with E-state index in [1.54, 1.807) is 0 Å². The third kappa shape index (κ3) is 4.47. The van der Waals surface area contributed by atoms with Gasteiger partial charge in [0.25, 0.3) is 5.91 Å². The van der Waals surface area contributed by atoms with Crippen LogP contribution < -0.4 is 10.2 Å². The van der Waals surface area contributed by atoms with E-state index in [1.807, 2.05) is 7.05 Å². The lowest BCUT2D eigenvalue weighted by Gasteiger charge is -2.24. The molecule has 2 rings (SSSR count). The number of hydrogen-bond acceptors (Lipinski definition) is 1. The third-order valence-corrected chi connectivity index (χ3v) is 4.13. The summed E-state index contributed by atoms with van der Waals surface area (Å²) >= 11 is 0. The Morgan fingerprint density at radius 2 is 1.86 bits per heavy atom. The van der Waals surface area contributed by atoms with Crippen LogP contribution in [0.25, 0.3) is 0 Å². The minimum absolute atomic E-state index is 0.176. The molecule has 0 heterocycles. The Morgan fingerprint density at radius 3 is 2.55 bits per heavy atom. The largest absolute Gasteiger partial charge is 0.329 e. The predicted octanol–water partition coefficient (Wildman–Crippen LogP) is 2.14. The number of rotatable bonds is 5. The lowest BCUT2D eigenvalue weighted by Crippen LogP contribution is -3.10. The zero-order valence-corrected chi connectivity index (χ0v) is 12.7. The Bertz CT molecular complexity index is 530. The maximum atomic E-state index is 13.5. The van der Waals surface area contributed by atoms with E-state index in [2.05, 4.69) is 5.32 Å². The first kappa shape index (κ1) is 16.8. The molecular formula is C16H22F3N2O+. The molecule has 1 saturated carbocycles. The van der Waals surface area contributed by atoms with Gasteiger partial charge in [-0.2, -0.15) is 0 Å². The summed E-state index contributed by atoms with van der Waals surface area (Å²) in [6.07, 6.45) is 6.15. The van der Waals surface area contributed by atoms with Gasteiger partial charge in [-0.15, -0.1) is 0 Å². The van der Waals surface area contributed by atoms with E-state index in [-0.39, 0.29) is 12.2 Å². The molecule has 6 heteroatoms. The molecule has 1 amide bonds. The summed E-state index contributed by atoms with van der Waals surface area (Å²) in [6.45, 7) is 1.07. The Kier molecular flexibility index (Phi) is 5.83. The molecule has 1 aromatic carbocycles. The second-order valence-electron chi connectivity index (χ2n) is 6.11. The molecule has 1 aliphatic carbocycles. The molecule has 1 atom stereocenters. The van der Waals surface area contributed by atoms with Crippen LogP contribution in [0.15, 0.2) is 12.1 Å². The third-order valence-electron chi connectivity index (χ3n) is 4.13. The van der Waals surface area contributed by atoms with Crippen LogP contribution in [0.1, 0.15) is 32.1 Å². The van der Waals surface area contributed by atoms with Gasteiger partial charge in [0.15, 0.2) is 24.0 Å². The van der Waals surface area contributed by atoms with Crippen LogP contribution >= 0.6 is 0 Å². The molecule has 3 nitrogen and oxygen atoms in total. The number of benzene rings is 1. The molecule has 122 valence electrons. The molecular weight excluding hydrogens is 293 g/mol. The summed E-state index contributed by atoms with van der Waals surface area (Å²) in [7, 11) is 1.91. The number of nitrogens with one attached hydrogen (secondary N) is 2. The molecule has 0 saturated heterocycles. The highest BCUT2D eigenvalue weighted by molar-refractivity contribution is 5.91. The number of quaternary nitrogens is 1. The summed E-state index contributed by atoms with van der Waals surface area (Å²) in [4.78, 5) is 12.9. The summed E-state index contributed by atoms with van der Waals surface area (Å²) in [5, 5.41) is 2.30. The van der Waals surface area contributed by atoms with Crippen molar-refractivity contribution >= 4 is 11.6 Å². The molecule has 0 bridgehead atoms. The standard InChI is InChI=1S/C16H21F3N2O/c1-21(9-11-5-3-2-4-6-11)10-14(22)20-13-8-7-12(17)15(18)16(13)19/h7-8,11H,2-6,9-10H2,1H3,(H,20,22)/p+1. The zero-order chi connectivity index (χ0) is 16.1. The van der Waals surface area contributed by atoms with Gasteiger partial charge in [0.2, 0.25) is 0 Å². The number of amides is 1. The number of likely N-dealkylation sites (N-methyl/N-ethyl adjacent to an activating group) is 1. The maximum absolute atomic E-state index is 13.5. The van der Waals surface area contributed by atoms with Crippen molar-refractivity contribution < 1.29 is 22.9 Å². The van der Waals surface area contributed by atoms with Crippen molar-refractivity contribution in [1.29, 1.82) is 0 Å². The van der Waals surface area contributed by atoms with Crippen LogP contribution in [-0.4, -0.2) is 26.0 Å². The topological polar surface area (TPSA) is 33.5 Å². The fraction of sp³-hybridized carbons (Fsp3) is 0.562. The first-order valence-electron chi connectivity index (χ1n) is 7.72. The molecule has 1 unspecified atom stereocenters. The van der Waals surface area contributed by atoms with Gasteiger partial charge in [-0.25, -0.2) is 13.2 Å². The van der Waals surface area contributed by atoms with E-state index < -0.39 is 23.4 Å². The average molecular weight is 315 g/mol. The molecule has 0 aliphatic heterocycles. The number of hydrogen-bond donors (Lipinski definition) is 2. The van der Waals surface area contributed by atoms with Crippen LogP contribution in [0.5, 0.6) is 0 Å². The quantitative estimate of drug-likeness (QED) is 0.802. The first-order valence-corrected chi connectivity index (χ1v) is 7.72. The molecule has 2 N–H and O–H groups in total. The van der Waals surface area contributed by atoms with Crippen LogP contribution in [0.3, 0.4) is 0 Å². The number of carbonyl (C=O) groups excluding carboxylic acids is 1. The Balaban J connectivity index is 1.85. The Labute approximate surface area is 128 Å². The van der Waals surface area contributed by atoms with Gasteiger partial charge in [-0.1, -0.05) is 19.3 Å². The average Bonchev–Trinajstić information content (AvgIpc) is 2.49. The van der Waals surface area contributed by atoms with Gasteiger partial charge in [-0.3, -0.25) is 4.79 Å². The highest BCUT2D eigenvalue weighted by Gasteiger charge is 2.20. The van der Waals surface area contributed by atoms with E-state index in [4.69, 9.17) is 0 Å². The smallest absolute Gasteiger partial charge is 0.279 e. The van der Waals surface area contributed by atoms with Gasteiger partial charge in [0, 0.05) is 5.92 Å². The normalized spacial score (nSPS) is 17.3. The van der Waals surface area contributed by atoms with Crippen molar-refractivity contribution in [2.24, 2.45) is 5.92 Å². The maximum Gasteiger partial charge on any atom is 0.279 e. The lowest BCUT2D eigenvalue weighted by molar-refractivity contribution is -0.874. The second-order valence-corrected chi connectivity index (χ2v) is 6.11. The number of halogens is 3. The van der Waals surface area contributed by atoms with Gasteiger partial charge >= 0.3 is 0 Å². The van der Waals surface area contributed by atoms with Crippen LogP contribution in [0, 0.1) is 23.4 Å². The van der Waals surface area contributed by atoms with Crippen molar-refractivity contribution in [1.82, 2.24) is 0 Å². The Hall–Kier alpha value is -1.56. The van der Waals surface area contributed by atoms with Crippen molar-refractivity contribution in [3.63, 3.8) is 0 Å². The molecule has 0 spiro atoms. The highest BCUT2D eigenvalue weighted by atomic mass is 19.2. The van der Waals surface area contributed by atoms with E-state index in [0.29, 0.717) is 5.92 Å². The summed E-state index contributed by atoms with van der Waals surface area (Å²) in [5.74, 6) is -3.98. The molecule has 0 radical (unpaired) electrons. The highest BCUT2D eigenvalue weighted by Crippen LogP contribution is 2.22. The van der Waals surface area contributed by atoms with E-state index in [1.165, 1.54) is 32.1 Å². The molecule has 0 aromatic heterocycles. The molecule has 1 aliphatic rings. The Morgan fingerprint density at radius 1 is 1.18 bits per heavy atom. The number of carbonyl (C=O) groups is 1. The van der Waals surface area contributed by atoms with Crippen molar-refractivity contribution in [3.8, 4) is 0 Å². The summed E-state index contributed by atoms with van der Waals surface area (Å²) < 4.78 is 39.4. The monoisotopic (exact) mass is 315 g/mol. The van der Waals surface area contributed by atoms with Crippen LogP contribution in [0.4, 0.5) is 18.9 Å². The molecule has 22 heavy (non-hydrogen) atoms. The molecule has 1 aromatic rings. The van der Waals surface area contributed by atoms with Gasteiger partial charge < -0.3 is 10.2 Å². The second kappa shape index (κ2) is 7.63. The van der Waals surface area contributed by atoms with E-state index in [0.717, 1.165) is 23.6 Å². The summed E-state index contributed by atoms with van der Waals surface area (Å²) in [5.41, 5.74) is -0.325. The van der Waals surface area contributed by atoms with Crippen molar-refractivity contribution in [3.05, 3.63) is 29.6 Å².